The zero-order chi connectivity index (χ0) is 13.1. The van der Waals surface area contributed by atoms with Crippen molar-refractivity contribution in [3.8, 4) is 0 Å². The summed E-state index contributed by atoms with van der Waals surface area (Å²) in [6, 6.07) is 0.342. The molecule has 2 rings (SSSR count). The van der Waals surface area contributed by atoms with Crippen LogP contribution in [0.1, 0.15) is 51.4 Å². The van der Waals surface area contributed by atoms with E-state index in [0.29, 0.717) is 12.5 Å². The van der Waals surface area contributed by atoms with Crippen LogP contribution in [0.25, 0.3) is 0 Å². The van der Waals surface area contributed by atoms with Gasteiger partial charge < -0.3 is 10.0 Å². The fourth-order valence-electron chi connectivity index (χ4n) is 3.46. The molecule has 18 heavy (non-hydrogen) atoms. The van der Waals surface area contributed by atoms with E-state index in [1.165, 1.54) is 12.8 Å². The number of carboxylic acid groups (broad SMARTS) is 1. The molecule has 4 heteroatoms. The van der Waals surface area contributed by atoms with Gasteiger partial charge in [0.05, 0.1) is 11.8 Å². The van der Waals surface area contributed by atoms with Crippen LogP contribution in [-0.2, 0) is 9.59 Å². The Hall–Kier alpha value is -1.06. The molecule has 2 unspecified atom stereocenters. The summed E-state index contributed by atoms with van der Waals surface area (Å²) in [5.74, 6) is -1.49. The molecule has 0 bridgehead atoms. The highest BCUT2D eigenvalue weighted by molar-refractivity contribution is 5.85. The Labute approximate surface area is 108 Å². The minimum atomic E-state index is -0.798. The summed E-state index contributed by atoms with van der Waals surface area (Å²) in [4.78, 5) is 25.5. The summed E-state index contributed by atoms with van der Waals surface area (Å²) in [6.07, 6.45) is 7.85. The zero-order valence-electron chi connectivity index (χ0n) is 11.1. The smallest absolute Gasteiger partial charge is 0.307 e. The highest BCUT2D eigenvalue weighted by Crippen LogP contribution is 2.33. The average Bonchev–Trinajstić information content (AvgIpc) is 2.90. The number of rotatable bonds is 3. The molecular formula is C14H23NO3. The molecule has 2 fully saturated rings. The third-order valence-corrected chi connectivity index (χ3v) is 4.62. The lowest BCUT2D eigenvalue weighted by molar-refractivity contribution is -0.152. The minimum absolute atomic E-state index is 0.0639. The highest BCUT2D eigenvalue weighted by Gasteiger charge is 2.38. The van der Waals surface area contributed by atoms with Gasteiger partial charge in [-0.2, -0.15) is 0 Å². The molecule has 4 nitrogen and oxygen atoms in total. The Bertz CT molecular complexity index is 323. The lowest BCUT2D eigenvalue weighted by atomic mass is 9.78. The van der Waals surface area contributed by atoms with Gasteiger partial charge in [-0.05, 0) is 25.7 Å². The van der Waals surface area contributed by atoms with Gasteiger partial charge in [-0.3, -0.25) is 9.59 Å². The maximum Gasteiger partial charge on any atom is 0.307 e. The molecule has 0 radical (unpaired) electrons. The minimum Gasteiger partial charge on any atom is -0.481 e. The van der Waals surface area contributed by atoms with Gasteiger partial charge in [0.25, 0.3) is 0 Å². The van der Waals surface area contributed by atoms with Gasteiger partial charge in [0.1, 0.15) is 0 Å². The van der Waals surface area contributed by atoms with Crippen LogP contribution < -0.4 is 0 Å². The molecule has 0 aromatic rings. The zero-order valence-corrected chi connectivity index (χ0v) is 11.1. The second kappa shape index (κ2) is 5.72. The number of carbonyl (C=O) groups is 2. The van der Waals surface area contributed by atoms with Crippen molar-refractivity contribution in [2.75, 3.05) is 7.05 Å². The average molecular weight is 253 g/mol. The summed E-state index contributed by atoms with van der Waals surface area (Å²) < 4.78 is 0. The molecule has 0 aromatic carbocycles. The first-order chi connectivity index (χ1) is 8.61. The maximum absolute atomic E-state index is 12.5. The van der Waals surface area contributed by atoms with Crippen molar-refractivity contribution >= 4 is 11.9 Å². The molecule has 0 heterocycles. The van der Waals surface area contributed by atoms with Crippen molar-refractivity contribution in [3.63, 3.8) is 0 Å². The molecule has 2 aliphatic carbocycles. The number of aliphatic carboxylic acids is 1. The van der Waals surface area contributed by atoms with E-state index in [4.69, 9.17) is 0 Å². The van der Waals surface area contributed by atoms with Crippen molar-refractivity contribution in [2.45, 2.75) is 57.4 Å². The molecule has 0 spiro atoms. The number of amides is 1. The van der Waals surface area contributed by atoms with Crippen LogP contribution in [0, 0.1) is 11.8 Å². The monoisotopic (exact) mass is 253 g/mol. The molecule has 102 valence electrons. The van der Waals surface area contributed by atoms with Crippen LogP contribution in [0.4, 0.5) is 0 Å². The van der Waals surface area contributed by atoms with Crippen molar-refractivity contribution < 1.29 is 14.7 Å². The van der Waals surface area contributed by atoms with Crippen molar-refractivity contribution in [3.05, 3.63) is 0 Å². The fourth-order valence-corrected chi connectivity index (χ4v) is 3.46. The Morgan fingerprint density at radius 2 is 1.44 bits per heavy atom. The number of hydrogen-bond acceptors (Lipinski definition) is 2. The Kier molecular flexibility index (Phi) is 4.25. The third kappa shape index (κ3) is 2.68. The molecule has 0 aromatic heterocycles. The van der Waals surface area contributed by atoms with Crippen LogP contribution in [0.2, 0.25) is 0 Å². The molecule has 2 atom stereocenters. The first-order valence-corrected chi connectivity index (χ1v) is 7.10. The van der Waals surface area contributed by atoms with Gasteiger partial charge in [-0.15, -0.1) is 0 Å². The molecule has 0 aliphatic heterocycles. The standard InChI is InChI=1S/C14H23NO3/c1-15(10-6-2-3-7-10)13(16)11-8-4-5-9-12(11)14(17)18/h10-12H,2-9H2,1H3,(H,17,18). The summed E-state index contributed by atoms with van der Waals surface area (Å²) in [5.41, 5.74) is 0. The van der Waals surface area contributed by atoms with Gasteiger partial charge in [-0.1, -0.05) is 25.7 Å². The normalized spacial score (nSPS) is 29.2. The second-order valence-corrected chi connectivity index (χ2v) is 5.72. The van der Waals surface area contributed by atoms with E-state index < -0.39 is 11.9 Å². The van der Waals surface area contributed by atoms with E-state index in [1.807, 2.05) is 11.9 Å². The molecular weight excluding hydrogens is 230 g/mol. The Morgan fingerprint density at radius 1 is 0.944 bits per heavy atom. The second-order valence-electron chi connectivity index (χ2n) is 5.72. The quantitative estimate of drug-likeness (QED) is 0.839. The van der Waals surface area contributed by atoms with E-state index in [9.17, 15) is 14.7 Å². The van der Waals surface area contributed by atoms with Gasteiger partial charge in [-0.25, -0.2) is 0 Å². The lowest BCUT2D eigenvalue weighted by Gasteiger charge is -2.33. The summed E-state index contributed by atoms with van der Waals surface area (Å²) in [7, 11) is 1.85. The highest BCUT2D eigenvalue weighted by atomic mass is 16.4. The van der Waals surface area contributed by atoms with Gasteiger partial charge >= 0.3 is 5.97 Å². The van der Waals surface area contributed by atoms with E-state index in [2.05, 4.69) is 0 Å². The van der Waals surface area contributed by atoms with Crippen molar-refractivity contribution in [1.82, 2.24) is 4.90 Å². The Morgan fingerprint density at radius 3 is 2.00 bits per heavy atom. The third-order valence-electron chi connectivity index (χ3n) is 4.62. The SMILES string of the molecule is CN(C(=O)C1CCCCC1C(=O)O)C1CCCC1. The number of carbonyl (C=O) groups excluding carboxylic acids is 1. The van der Waals surface area contributed by atoms with Crippen LogP contribution >= 0.6 is 0 Å². The van der Waals surface area contributed by atoms with Gasteiger partial charge in [0.2, 0.25) is 5.91 Å². The van der Waals surface area contributed by atoms with E-state index >= 15 is 0 Å². The molecule has 0 saturated heterocycles. The topological polar surface area (TPSA) is 57.6 Å². The summed E-state index contributed by atoms with van der Waals surface area (Å²) >= 11 is 0. The first kappa shape index (κ1) is 13.4. The largest absolute Gasteiger partial charge is 0.481 e. The van der Waals surface area contributed by atoms with Crippen LogP contribution in [0.3, 0.4) is 0 Å². The number of nitrogens with zero attached hydrogens (tertiary/aromatic N) is 1. The fraction of sp³-hybridized carbons (Fsp3) is 0.857. The molecule has 1 amide bonds. The predicted molar refractivity (Wildman–Crippen MR) is 68.1 cm³/mol. The summed E-state index contributed by atoms with van der Waals surface area (Å²) in [6.45, 7) is 0. The Balaban J connectivity index is 2.03. The molecule has 2 aliphatic rings. The van der Waals surface area contributed by atoms with E-state index in [1.54, 1.807) is 0 Å². The molecule has 1 N–H and O–H groups in total. The predicted octanol–water partition coefficient (Wildman–Crippen LogP) is 2.28. The van der Waals surface area contributed by atoms with Gasteiger partial charge in [0.15, 0.2) is 0 Å². The van der Waals surface area contributed by atoms with Crippen molar-refractivity contribution in [1.29, 1.82) is 0 Å². The number of hydrogen-bond donors (Lipinski definition) is 1. The lowest BCUT2D eigenvalue weighted by Crippen LogP contribution is -2.44. The van der Waals surface area contributed by atoms with E-state index in [0.717, 1.165) is 32.1 Å². The molecule has 2 saturated carbocycles. The van der Waals surface area contributed by atoms with Crippen LogP contribution in [0.15, 0.2) is 0 Å². The first-order valence-electron chi connectivity index (χ1n) is 7.10. The van der Waals surface area contributed by atoms with Crippen LogP contribution in [0.5, 0.6) is 0 Å². The summed E-state index contributed by atoms with van der Waals surface area (Å²) in [5, 5.41) is 9.23. The van der Waals surface area contributed by atoms with E-state index in [-0.39, 0.29) is 11.8 Å². The maximum atomic E-state index is 12.5. The number of carboxylic acids is 1. The van der Waals surface area contributed by atoms with Crippen molar-refractivity contribution in [2.24, 2.45) is 11.8 Å². The van der Waals surface area contributed by atoms with Gasteiger partial charge in [0, 0.05) is 13.1 Å². The van der Waals surface area contributed by atoms with Crippen LogP contribution in [-0.4, -0.2) is 35.0 Å².